The lowest BCUT2D eigenvalue weighted by Crippen LogP contribution is -2.20. The topological polar surface area (TPSA) is 124 Å². The molecule has 0 aliphatic rings. The van der Waals surface area contributed by atoms with Crippen LogP contribution in [0.3, 0.4) is 0 Å². The zero-order chi connectivity index (χ0) is 22.1. The fraction of sp³-hybridized carbons (Fsp3) is 0.227. The number of nitrogens with zero attached hydrogens (tertiary/aromatic N) is 1. The van der Waals surface area contributed by atoms with Crippen molar-refractivity contribution in [1.29, 1.82) is 5.26 Å². The van der Waals surface area contributed by atoms with Gasteiger partial charge in [0, 0.05) is 0 Å². The van der Waals surface area contributed by atoms with E-state index in [0.29, 0.717) is 35.1 Å². The van der Waals surface area contributed by atoms with Gasteiger partial charge in [-0.1, -0.05) is 12.1 Å². The molecule has 0 radical (unpaired) electrons. The van der Waals surface area contributed by atoms with E-state index in [1.165, 1.54) is 13.2 Å². The largest absolute Gasteiger partial charge is 0.495 e. The molecule has 2 aromatic rings. The molecule has 2 rings (SSSR count). The minimum absolute atomic E-state index is 0.105. The van der Waals surface area contributed by atoms with Crippen LogP contribution in [0.4, 0.5) is 5.69 Å². The fourth-order valence-corrected chi connectivity index (χ4v) is 2.58. The summed E-state index contributed by atoms with van der Waals surface area (Å²) in [5, 5.41) is 12.2. The molecule has 8 nitrogen and oxygen atoms in total. The van der Waals surface area contributed by atoms with Crippen molar-refractivity contribution in [3.05, 3.63) is 53.1 Å². The Kier molecular flexibility index (Phi) is 7.82. The van der Waals surface area contributed by atoms with E-state index in [2.05, 4.69) is 5.32 Å². The van der Waals surface area contributed by atoms with E-state index < -0.39 is 11.8 Å². The average Bonchev–Trinajstić information content (AvgIpc) is 2.71. The molecule has 156 valence electrons. The van der Waals surface area contributed by atoms with Crippen molar-refractivity contribution in [2.24, 2.45) is 5.73 Å². The van der Waals surface area contributed by atoms with Crippen LogP contribution >= 0.6 is 0 Å². The van der Waals surface area contributed by atoms with Crippen molar-refractivity contribution in [2.45, 2.75) is 13.8 Å². The second-order valence-corrected chi connectivity index (χ2v) is 6.22. The Morgan fingerprint density at radius 2 is 1.87 bits per heavy atom. The number of hydrogen-bond donors (Lipinski definition) is 2. The molecule has 3 N–H and O–H groups in total. The number of ether oxygens (including phenoxy) is 3. The molecular formula is C22H23N3O5. The quantitative estimate of drug-likeness (QED) is 0.485. The van der Waals surface area contributed by atoms with Crippen LogP contribution in [0.15, 0.2) is 42.0 Å². The number of aryl methyl sites for hydroxylation is 1. The number of amides is 2. The highest BCUT2D eigenvalue weighted by molar-refractivity contribution is 6.10. The van der Waals surface area contributed by atoms with Crippen molar-refractivity contribution >= 4 is 23.6 Å². The molecule has 0 atom stereocenters. The summed E-state index contributed by atoms with van der Waals surface area (Å²) >= 11 is 0. The van der Waals surface area contributed by atoms with Gasteiger partial charge in [-0.2, -0.15) is 5.26 Å². The predicted octanol–water partition coefficient (Wildman–Crippen LogP) is 2.81. The minimum Gasteiger partial charge on any atom is -0.495 e. The van der Waals surface area contributed by atoms with Crippen LogP contribution in [-0.2, 0) is 9.59 Å². The molecular weight excluding hydrogens is 386 g/mol. The van der Waals surface area contributed by atoms with Crippen LogP contribution in [0.25, 0.3) is 6.08 Å². The number of nitrogens with two attached hydrogens (primary N) is 1. The maximum atomic E-state index is 12.6. The monoisotopic (exact) mass is 409 g/mol. The maximum absolute atomic E-state index is 12.6. The Morgan fingerprint density at radius 3 is 2.50 bits per heavy atom. The van der Waals surface area contributed by atoms with Gasteiger partial charge in [-0.25, -0.2) is 0 Å². The summed E-state index contributed by atoms with van der Waals surface area (Å²) in [5.74, 6) is -0.00326. The SMILES string of the molecule is CCOc1cc(/C=C(\C#N)C(=O)Nc2cc(C)ccc2OC)ccc1OCC(N)=O. The first kappa shape index (κ1) is 22.3. The van der Waals surface area contributed by atoms with Gasteiger partial charge < -0.3 is 25.3 Å². The first-order valence-electron chi connectivity index (χ1n) is 9.13. The molecule has 0 aliphatic heterocycles. The number of primary amides is 1. The number of methoxy groups -OCH3 is 1. The number of hydrogen-bond acceptors (Lipinski definition) is 6. The molecule has 0 saturated heterocycles. The number of rotatable bonds is 9. The van der Waals surface area contributed by atoms with Gasteiger partial charge in [0.1, 0.15) is 17.4 Å². The molecule has 0 spiro atoms. The van der Waals surface area contributed by atoms with Crippen LogP contribution in [0.5, 0.6) is 17.2 Å². The smallest absolute Gasteiger partial charge is 0.266 e. The molecule has 0 unspecified atom stereocenters. The van der Waals surface area contributed by atoms with Gasteiger partial charge >= 0.3 is 0 Å². The summed E-state index contributed by atoms with van der Waals surface area (Å²) < 4.78 is 16.1. The van der Waals surface area contributed by atoms with Gasteiger partial charge in [0.15, 0.2) is 18.1 Å². The first-order valence-corrected chi connectivity index (χ1v) is 9.13. The molecule has 0 bridgehead atoms. The fourth-order valence-electron chi connectivity index (χ4n) is 2.58. The second kappa shape index (κ2) is 10.5. The Labute approximate surface area is 174 Å². The standard InChI is InChI=1S/C22H23N3O5/c1-4-29-20-11-15(6-8-19(20)30-13-21(24)26)10-16(12-23)22(27)25-17-9-14(2)5-7-18(17)28-3/h5-11H,4,13H2,1-3H3,(H2,24,26)(H,25,27)/b16-10+. The van der Waals surface area contributed by atoms with E-state index in [9.17, 15) is 14.9 Å². The number of carbonyl (C=O) groups is 2. The minimum atomic E-state index is -0.614. The van der Waals surface area contributed by atoms with E-state index in [1.54, 1.807) is 37.3 Å². The predicted molar refractivity (Wildman–Crippen MR) is 112 cm³/mol. The molecule has 0 fully saturated rings. The van der Waals surface area contributed by atoms with Crippen molar-refractivity contribution in [3.63, 3.8) is 0 Å². The molecule has 30 heavy (non-hydrogen) atoms. The van der Waals surface area contributed by atoms with Crippen molar-refractivity contribution in [2.75, 3.05) is 25.6 Å². The van der Waals surface area contributed by atoms with E-state index in [-0.39, 0.29) is 12.2 Å². The zero-order valence-corrected chi connectivity index (χ0v) is 17.0. The van der Waals surface area contributed by atoms with Gasteiger partial charge in [0.25, 0.3) is 11.8 Å². The lowest BCUT2D eigenvalue weighted by molar-refractivity contribution is -0.120. The van der Waals surface area contributed by atoms with E-state index in [1.807, 2.05) is 19.1 Å². The van der Waals surface area contributed by atoms with Crippen molar-refractivity contribution < 1.29 is 23.8 Å². The van der Waals surface area contributed by atoms with E-state index >= 15 is 0 Å². The summed E-state index contributed by atoms with van der Waals surface area (Å²) in [7, 11) is 1.50. The Bertz CT molecular complexity index is 1010. The summed E-state index contributed by atoms with van der Waals surface area (Å²) in [6.07, 6.45) is 1.43. The van der Waals surface area contributed by atoms with Crippen LogP contribution in [0, 0.1) is 18.3 Å². The highest BCUT2D eigenvalue weighted by Crippen LogP contribution is 2.30. The van der Waals surface area contributed by atoms with Crippen molar-refractivity contribution in [1.82, 2.24) is 0 Å². The van der Waals surface area contributed by atoms with E-state index in [4.69, 9.17) is 19.9 Å². The Hall–Kier alpha value is -3.99. The highest BCUT2D eigenvalue weighted by atomic mass is 16.5. The maximum Gasteiger partial charge on any atom is 0.266 e. The third-order valence-corrected chi connectivity index (χ3v) is 3.92. The summed E-state index contributed by atoms with van der Waals surface area (Å²) in [4.78, 5) is 23.6. The third kappa shape index (κ3) is 6.01. The number of anilines is 1. The number of carbonyl (C=O) groups excluding carboxylic acids is 2. The summed E-state index contributed by atoms with van der Waals surface area (Å²) in [6.45, 7) is 3.75. The zero-order valence-electron chi connectivity index (χ0n) is 17.0. The molecule has 0 heterocycles. The lowest BCUT2D eigenvalue weighted by Gasteiger charge is -2.12. The van der Waals surface area contributed by atoms with E-state index in [0.717, 1.165) is 5.56 Å². The number of nitriles is 1. The second-order valence-electron chi connectivity index (χ2n) is 6.22. The van der Waals surface area contributed by atoms with Gasteiger partial charge in [-0.15, -0.1) is 0 Å². The van der Waals surface area contributed by atoms with Gasteiger partial charge in [0.2, 0.25) is 0 Å². The van der Waals surface area contributed by atoms with Gasteiger partial charge in [-0.3, -0.25) is 9.59 Å². The normalized spacial score (nSPS) is 10.7. The van der Waals surface area contributed by atoms with Crippen molar-refractivity contribution in [3.8, 4) is 23.3 Å². The van der Waals surface area contributed by atoms with Crippen LogP contribution < -0.4 is 25.3 Å². The van der Waals surface area contributed by atoms with Crippen LogP contribution in [-0.4, -0.2) is 32.1 Å². The van der Waals surface area contributed by atoms with Crippen LogP contribution in [0.2, 0.25) is 0 Å². The Morgan fingerprint density at radius 1 is 1.13 bits per heavy atom. The summed E-state index contributed by atoms with van der Waals surface area (Å²) in [6, 6.07) is 12.1. The number of benzene rings is 2. The lowest BCUT2D eigenvalue weighted by atomic mass is 10.1. The molecule has 0 saturated carbocycles. The average molecular weight is 409 g/mol. The number of nitrogens with one attached hydrogen (secondary N) is 1. The third-order valence-electron chi connectivity index (χ3n) is 3.92. The van der Waals surface area contributed by atoms with Gasteiger partial charge in [-0.05, 0) is 55.3 Å². The molecule has 8 heteroatoms. The molecule has 2 amide bonds. The molecule has 0 aromatic heterocycles. The van der Waals surface area contributed by atoms with Crippen LogP contribution in [0.1, 0.15) is 18.1 Å². The molecule has 0 aliphatic carbocycles. The molecule has 2 aromatic carbocycles. The van der Waals surface area contributed by atoms with Gasteiger partial charge in [0.05, 0.1) is 19.4 Å². The first-order chi connectivity index (χ1) is 14.4. The highest BCUT2D eigenvalue weighted by Gasteiger charge is 2.14. The summed E-state index contributed by atoms with van der Waals surface area (Å²) in [5.41, 5.74) is 6.94. The Balaban J connectivity index is 2.29.